The first-order chi connectivity index (χ1) is 15.9. The molecule has 174 valence electrons. The summed E-state index contributed by atoms with van der Waals surface area (Å²) in [5, 5.41) is 12.0. The van der Waals surface area contributed by atoms with E-state index in [0.29, 0.717) is 32.4 Å². The molecule has 1 aliphatic carbocycles. The van der Waals surface area contributed by atoms with Gasteiger partial charge in [0.05, 0.1) is 23.9 Å². The number of aliphatic hydroxyl groups is 1. The number of hydrogen-bond donors (Lipinski definition) is 1. The van der Waals surface area contributed by atoms with Gasteiger partial charge in [-0.05, 0) is 55.6 Å². The Balaban J connectivity index is 1.25. The van der Waals surface area contributed by atoms with Gasteiger partial charge >= 0.3 is 0 Å². The Morgan fingerprint density at radius 1 is 1.18 bits per heavy atom. The van der Waals surface area contributed by atoms with Gasteiger partial charge in [0.15, 0.2) is 0 Å². The molecular weight excluding hydrogens is 434 g/mol. The minimum atomic E-state index is -1.00. The van der Waals surface area contributed by atoms with E-state index < -0.39 is 5.60 Å². The molecule has 2 aliphatic rings. The molecule has 1 fully saturated rings. The van der Waals surface area contributed by atoms with Crippen molar-refractivity contribution in [2.45, 2.75) is 69.9 Å². The molecule has 1 amide bonds. The maximum absolute atomic E-state index is 13.3. The largest absolute Gasteiger partial charge is 0.388 e. The Bertz CT molecular complexity index is 1210. The van der Waals surface area contributed by atoms with Crippen LogP contribution in [0.4, 0.5) is 0 Å². The van der Waals surface area contributed by atoms with Crippen LogP contribution in [0.15, 0.2) is 41.5 Å². The van der Waals surface area contributed by atoms with E-state index in [2.05, 4.69) is 24.0 Å². The summed E-state index contributed by atoms with van der Waals surface area (Å²) < 4.78 is 1.58. The van der Waals surface area contributed by atoms with Crippen molar-refractivity contribution in [2.75, 3.05) is 13.1 Å². The Labute approximate surface area is 197 Å². The highest BCUT2D eigenvalue weighted by Gasteiger charge is 2.35. The molecule has 0 saturated carbocycles. The van der Waals surface area contributed by atoms with E-state index in [1.807, 2.05) is 23.1 Å². The van der Waals surface area contributed by atoms with E-state index in [9.17, 15) is 14.7 Å². The number of aromatic nitrogens is 2. The zero-order valence-electron chi connectivity index (χ0n) is 19.1. The number of benzene rings is 1. The number of carbonyl (C=O) groups excluding carboxylic acids is 1. The number of aryl methyl sites for hydroxylation is 2. The van der Waals surface area contributed by atoms with Gasteiger partial charge in [0.1, 0.15) is 4.83 Å². The van der Waals surface area contributed by atoms with Crippen LogP contribution in [0.25, 0.3) is 10.2 Å². The lowest BCUT2D eigenvalue weighted by Gasteiger charge is -2.38. The third-order valence-electron chi connectivity index (χ3n) is 7.30. The van der Waals surface area contributed by atoms with Crippen LogP contribution in [0.5, 0.6) is 0 Å². The fraction of sp³-hybridized carbons (Fsp3) is 0.500. The van der Waals surface area contributed by atoms with E-state index in [1.54, 1.807) is 22.2 Å². The predicted molar refractivity (Wildman–Crippen MR) is 131 cm³/mol. The van der Waals surface area contributed by atoms with E-state index >= 15 is 0 Å². The summed E-state index contributed by atoms with van der Waals surface area (Å²) in [6.07, 6.45) is 7.24. The van der Waals surface area contributed by atoms with Gasteiger partial charge in [0, 0.05) is 24.4 Å². The fourth-order valence-corrected chi connectivity index (χ4v) is 6.45. The van der Waals surface area contributed by atoms with E-state index in [4.69, 9.17) is 0 Å². The summed E-state index contributed by atoms with van der Waals surface area (Å²) in [5.74, 6) is 0.283. The molecule has 5 rings (SSSR count). The third kappa shape index (κ3) is 4.49. The molecule has 1 atom stereocenters. The summed E-state index contributed by atoms with van der Waals surface area (Å²) in [6.45, 7) is 3.32. The Morgan fingerprint density at radius 2 is 1.91 bits per heavy atom. The van der Waals surface area contributed by atoms with E-state index in [-0.39, 0.29) is 23.9 Å². The molecule has 1 aromatic carbocycles. The van der Waals surface area contributed by atoms with Crippen LogP contribution in [0.2, 0.25) is 0 Å². The van der Waals surface area contributed by atoms with Crippen molar-refractivity contribution in [3.05, 3.63) is 63.0 Å². The lowest BCUT2D eigenvalue weighted by Crippen LogP contribution is -2.49. The van der Waals surface area contributed by atoms with Gasteiger partial charge in [-0.15, -0.1) is 11.3 Å². The van der Waals surface area contributed by atoms with E-state index in [0.717, 1.165) is 35.0 Å². The number of thiophene rings is 1. The highest BCUT2D eigenvalue weighted by Crippen LogP contribution is 2.34. The topological polar surface area (TPSA) is 75.4 Å². The highest BCUT2D eigenvalue weighted by molar-refractivity contribution is 7.18. The zero-order chi connectivity index (χ0) is 23.0. The van der Waals surface area contributed by atoms with Crippen LogP contribution in [0, 0.1) is 0 Å². The SMILES string of the molecule is CC(CC(=O)N1CCC(O)(Cn2cnc3sc4c(c3c2=O)CCCC4)CC1)c1ccccc1. The molecule has 6 nitrogen and oxygen atoms in total. The molecule has 1 unspecified atom stereocenters. The summed E-state index contributed by atoms with van der Waals surface area (Å²) in [6, 6.07) is 10.1. The first-order valence-corrected chi connectivity index (χ1v) is 12.8. The van der Waals surface area contributed by atoms with Crippen LogP contribution in [-0.4, -0.2) is 44.2 Å². The Morgan fingerprint density at radius 3 is 2.67 bits per heavy atom. The third-order valence-corrected chi connectivity index (χ3v) is 8.50. The Hall–Kier alpha value is -2.51. The lowest BCUT2D eigenvalue weighted by molar-refractivity contribution is -0.136. The average Bonchev–Trinajstić information content (AvgIpc) is 3.21. The number of rotatable bonds is 5. The quantitative estimate of drug-likeness (QED) is 0.620. The summed E-state index contributed by atoms with van der Waals surface area (Å²) >= 11 is 1.64. The zero-order valence-corrected chi connectivity index (χ0v) is 19.9. The minimum absolute atomic E-state index is 0.0389. The molecule has 33 heavy (non-hydrogen) atoms. The molecule has 1 N–H and O–H groups in total. The first-order valence-electron chi connectivity index (χ1n) is 12.0. The van der Waals surface area contributed by atoms with Crippen LogP contribution in [0.1, 0.15) is 60.9 Å². The van der Waals surface area contributed by atoms with Crippen LogP contribution in [0.3, 0.4) is 0 Å². The number of hydrogen-bond acceptors (Lipinski definition) is 5. The van der Waals surface area contributed by atoms with Crippen molar-refractivity contribution in [3.8, 4) is 0 Å². The lowest BCUT2D eigenvalue weighted by atomic mass is 9.90. The predicted octanol–water partition coefficient (Wildman–Crippen LogP) is 3.88. The van der Waals surface area contributed by atoms with Crippen molar-refractivity contribution in [2.24, 2.45) is 0 Å². The summed E-state index contributed by atoms with van der Waals surface area (Å²) in [4.78, 5) is 34.6. The standard InChI is InChI=1S/C26H31N3O3S/c1-18(19-7-3-2-4-8-19)15-22(30)28-13-11-26(32,12-14-28)16-29-17-27-24-23(25(29)31)20-9-5-6-10-21(20)33-24/h2-4,7-8,17-18,32H,5-6,9-16H2,1H3. The van der Waals surface area contributed by atoms with Crippen LogP contribution >= 0.6 is 11.3 Å². The average molecular weight is 466 g/mol. The molecule has 0 radical (unpaired) electrons. The summed E-state index contributed by atoms with van der Waals surface area (Å²) in [5.41, 5.74) is 1.30. The fourth-order valence-electron chi connectivity index (χ4n) is 5.23. The van der Waals surface area contributed by atoms with Gasteiger partial charge in [-0.1, -0.05) is 37.3 Å². The number of piperidine rings is 1. The van der Waals surface area contributed by atoms with Gasteiger partial charge in [0.2, 0.25) is 5.91 Å². The van der Waals surface area contributed by atoms with Crippen LogP contribution in [-0.2, 0) is 24.2 Å². The van der Waals surface area contributed by atoms with Crippen molar-refractivity contribution >= 4 is 27.5 Å². The molecule has 0 spiro atoms. The molecule has 3 aromatic rings. The van der Waals surface area contributed by atoms with Crippen molar-refractivity contribution in [3.63, 3.8) is 0 Å². The normalized spacial score (nSPS) is 18.8. The maximum Gasteiger partial charge on any atom is 0.262 e. The number of likely N-dealkylation sites (tertiary alicyclic amines) is 1. The smallest absolute Gasteiger partial charge is 0.262 e. The number of nitrogens with zero attached hydrogens (tertiary/aromatic N) is 3. The maximum atomic E-state index is 13.3. The molecule has 1 aliphatic heterocycles. The second-order valence-corrected chi connectivity index (χ2v) is 10.8. The van der Waals surface area contributed by atoms with Crippen molar-refractivity contribution < 1.29 is 9.90 Å². The van der Waals surface area contributed by atoms with Crippen molar-refractivity contribution in [1.82, 2.24) is 14.5 Å². The van der Waals surface area contributed by atoms with Crippen molar-refractivity contribution in [1.29, 1.82) is 0 Å². The Kier molecular flexibility index (Phi) is 6.10. The van der Waals surface area contributed by atoms with Crippen LogP contribution < -0.4 is 5.56 Å². The molecule has 3 heterocycles. The monoisotopic (exact) mass is 465 g/mol. The second-order valence-electron chi connectivity index (χ2n) is 9.69. The van der Waals surface area contributed by atoms with Gasteiger partial charge in [0.25, 0.3) is 5.56 Å². The number of amides is 1. The number of fused-ring (bicyclic) bond motifs is 3. The summed E-state index contributed by atoms with van der Waals surface area (Å²) in [7, 11) is 0. The van der Waals surface area contributed by atoms with Gasteiger partial charge in [-0.2, -0.15) is 0 Å². The van der Waals surface area contributed by atoms with Gasteiger partial charge < -0.3 is 10.0 Å². The van der Waals surface area contributed by atoms with E-state index in [1.165, 1.54) is 16.9 Å². The van der Waals surface area contributed by atoms with Gasteiger partial charge in [-0.25, -0.2) is 4.98 Å². The number of carbonyl (C=O) groups is 1. The minimum Gasteiger partial charge on any atom is -0.388 e. The first kappa shape index (κ1) is 22.3. The molecular formula is C26H31N3O3S. The molecule has 0 bridgehead atoms. The molecule has 2 aromatic heterocycles. The van der Waals surface area contributed by atoms with Gasteiger partial charge in [-0.3, -0.25) is 14.2 Å². The second kappa shape index (κ2) is 9.03. The molecule has 1 saturated heterocycles. The highest BCUT2D eigenvalue weighted by atomic mass is 32.1. The molecule has 7 heteroatoms.